The summed E-state index contributed by atoms with van der Waals surface area (Å²) < 4.78 is 4.76. The van der Waals surface area contributed by atoms with Gasteiger partial charge in [-0.1, -0.05) is 25.5 Å². The number of esters is 1. The number of carbonyl (C=O) groups is 2. The molecule has 1 aliphatic heterocycles. The molecule has 0 saturated heterocycles. The Morgan fingerprint density at radius 3 is 2.72 bits per heavy atom. The zero-order valence-electron chi connectivity index (χ0n) is 15.1. The van der Waals surface area contributed by atoms with Gasteiger partial charge < -0.3 is 14.9 Å². The van der Waals surface area contributed by atoms with E-state index in [0.717, 1.165) is 38.5 Å². The SMILES string of the molecule is C=C1CC[C@H]2[C@](C)(CCC[C@]2(C)C(=O)O)[C@@H]1CCC1=CC(=O)OC1O. The van der Waals surface area contributed by atoms with E-state index in [1.807, 2.05) is 6.92 Å². The first-order valence-corrected chi connectivity index (χ1v) is 9.18. The third-order valence-electron chi connectivity index (χ3n) is 7.08. The second kappa shape index (κ2) is 6.27. The van der Waals surface area contributed by atoms with Gasteiger partial charge in [-0.2, -0.15) is 0 Å². The summed E-state index contributed by atoms with van der Waals surface area (Å²) in [6.45, 7) is 8.39. The average molecular weight is 348 g/mol. The Morgan fingerprint density at radius 2 is 2.12 bits per heavy atom. The lowest BCUT2D eigenvalue weighted by atomic mass is 9.46. The maximum Gasteiger partial charge on any atom is 0.333 e. The lowest BCUT2D eigenvalue weighted by Crippen LogP contribution is -2.53. The van der Waals surface area contributed by atoms with Gasteiger partial charge in [0, 0.05) is 11.6 Å². The van der Waals surface area contributed by atoms with Gasteiger partial charge in [0.05, 0.1) is 5.41 Å². The normalized spacial score (nSPS) is 41.1. The van der Waals surface area contributed by atoms with Crippen molar-refractivity contribution in [3.63, 3.8) is 0 Å². The Bertz CT molecular complexity index is 636. The van der Waals surface area contributed by atoms with Crippen molar-refractivity contribution in [2.24, 2.45) is 22.7 Å². The monoisotopic (exact) mass is 348 g/mol. The van der Waals surface area contributed by atoms with Crippen molar-refractivity contribution in [3.05, 3.63) is 23.8 Å². The van der Waals surface area contributed by atoms with E-state index < -0.39 is 23.6 Å². The largest absolute Gasteiger partial charge is 0.481 e. The van der Waals surface area contributed by atoms with Crippen molar-refractivity contribution >= 4 is 11.9 Å². The maximum absolute atomic E-state index is 12.0. The van der Waals surface area contributed by atoms with Crippen LogP contribution in [0, 0.1) is 22.7 Å². The predicted molar refractivity (Wildman–Crippen MR) is 92.5 cm³/mol. The summed E-state index contributed by atoms with van der Waals surface area (Å²) in [5.74, 6) is -0.857. The lowest BCUT2D eigenvalue weighted by molar-refractivity contribution is -0.164. The van der Waals surface area contributed by atoms with Crippen LogP contribution in [-0.2, 0) is 14.3 Å². The van der Waals surface area contributed by atoms with Crippen LogP contribution in [0.2, 0.25) is 0 Å². The molecule has 0 spiro atoms. The minimum atomic E-state index is -1.14. The Morgan fingerprint density at radius 1 is 1.40 bits per heavy atom. The summed E-state index contributed by atoms with van der Waals surface area (Å²) in [6, 6.07) is 0. The molecular weight excluding hydrogens is 320 g/mol. The van der Waals surface area contributed by atoms with E-state index in [0.29, 0.717) is 12.0 Å². The smallest absolute Gasteiger partial charge is 0.333 e. The second-order valence-electron chi connectivity index (χ2n) is 8.43. The summed E-state index contributed by atoms with van der Waals surface area (Å²) in [7, 11) is 0. The van der Waals surface area contributed by atoms with Gasteiger partial charge in [0.1, 0.15) is 0 Å². The number of carboxylic acid groups (broad SMARTS) is 1. The number of aliphatic hydroxyl groups is 1. The highest BCUT2D eigenvalue weighted by Gasteiger charge is 2.57. The Hall–Kier alpha value is -1.62. The molecule has 3 rings (SSSR count). The number of hydrogen-bond donors (Lipinski definition) is 2. The zero-order valence-corrected chi connectivity index (χ0v) is 15.1. The van der Waals surface area contributed by atoms with Gasteiger partial charge in [0.2, 0.25) is 6.29 Å². The molecule has 1 unspecified atom stereocenters. The molecule has 2 fully saturated rings. The van der Waals surface area contributed by atoms with E-state index in [2.05, 4.69) is 13.5 Å². The molecule has 0 aromatic rings. The molecule has 5 heteroatoms. The average Bonchev–Trinajstić information content (AvgIpc) is 2.84. The van der Waals surface area contributed by atoms with Crippen molar-refractivity contribution in [2.75, 3.05) is 0 Å². The van der Waals surface area contributed by atoms with Crippen LogP contribution in [0.3, 0.4) is 0 Å². The number of carbonyl (C=O) groups excluding carboxylic acids is 1. The first kappa shape index (κ1) is 18.2. The first-order chi connectivity index (χ1) is 11.7. The number of allylic oxidation sites excluding steroid dienone is 1. The molecule has 2 N–H and O–H groups in total. The highest BCUT2D eigenvalue weighted by atomic mass is 16.6. The fourth-order valence-corrected chi connectivity index (χ4v) is 5.69. The molecule has 138 valence electrons. The first-order valence-electron chi connectivity index (χ1n) is 9.18. The Balaban J connectivity index is 1.83. The minimum Gasteiger partial charge on any atom is -0.481 e. The quantitative estimate of drug-likeness (QED) is 0.601. The van der Waals surface area contributed by atoms with Crippen LogP contribution in [0.25, 0.3) is 0 Å². The summed E-state index contributed by atoms with van der Waals surface area (Å²) in [4.78, 5) is 23.3. The lowest BCUT2D eigenvalue weighted by Gasteiger charge is -2.57. The fourth-order valence-electron chi connectivity index (χ4n) is 5.69. The van der Waals surface area contributed by atoms with Crippen LogP contribution < -0.4 is 0 Å². The van der Waals surface area contributed by atoms with Gasteiger partial charge in [-0.25, -0.2) is 4.79 Å². The number of carboxylic acids is 1. The van der Waals surface area contributed by atoms with Gasteiger partial charge in [0.25, 0.3) is 0 Å². The fraction of sp³-hybridized carbons (Fsp3) is 0.700. The number of cyclic esters (lactones) is 1. The number of rotatable bonds is 4. The van der Waals surface area contributed by atoms with Crippen LogP contribution in [0.15, 0.2) is 23.8 Å². The summed E-state index contributed by atoms with van der Waals surface area (Å²) in [6.07, 6.45) is 5.94. The van der Waals surface area contributed by atoms with Crippen molar-refractivity contribution in [1.82, 2.24) is 0 Å². The van der Waals surface area contributed by atoms with E-state index in [9.17, 15) is 19.8 Å². The molecular formula is C20H28O5. The Kier molecular flexibility index (Phi) is 4.56. The molecule has 0 bridgehead atoms. The Labute approximate surface area is 148 Å². The molecule has 5 atom stereocenters. The molecule has 1 heterocycles. The van der Waals surface area contributed by atoms with Gasteiger partial charge in [-0.3, -0.25) is 4.79 Å². The zero-order chi connectivity index (χ0) is 18.4. The molecule has 0 aromatic heterocycles. The topological polar surface area (TPSA) is 83.8 Å². The molecule has 2 saturated carbocycles. The molecule has 3 aliphatic rings. The summed E-state index contributed by atoms with van der Waals surface area (Å²) in [5.41, 5.74) is 1.00. The molecule has 2 aliphatic carbocycles. The van der Waals surface area contributed by atoms with Crippen molar-refractivity contribution in [2.45, 2.75) is 65.1 Å². The highest BCUT2D eigenvalue weighted by Crippen LogP contribution is 2.62. The van der Waals surface area contributed by atoms with Crippen molar-refractivity contribution in [3.8, 4) is 0 Å². The third kappa shape index (κ3) is 2.92. The van der Waals surface area contributed by atoms with E-state index >= 15 is 0 Å². The molecule has 5 nitrogen and oxygen atoms in total. The van der Waals surface area contributed by atoms with Crippen LogP contribution >= 0.6 is 0 Å². The molecule has 0 aromatic carbocycles. The standard InChI is InChI=1S/C20H28O5/c1-12-5-8-15-19(2,9-4-10-20(15,3)18(23)24)14(12)7-6-13-11-16(21)25-17(13)22/h11,14-15,17,22H,1,4-10H2,2-3H3,(H,23,24)/t14-,15+,17?,19-,20+/m1/s1. The number of aliphatic carboxylic acids is 1. The van der Waals surface area contributed by atoms with Gasteiger partial charge in [0.15, 0.2) is 0 Å². The van der Waals surface area contributed by atoms with Gasteiger partial charge in [-0.05, 0) is 62.7 Å². The predicted octanol–water partition coefficient (Wildman–Crippen LogP) is 3.43. The van der Waals surface area contributed by atoms with E-state index in [1.165, 1.54) is 11.6 Å². The van der Waals surface area contributed by atoms with Crippen LogP contribution in [0.1, 0.15) is 58.8 Å². The van der Waals surface area contributed by atoms with Gasteiger partial charge >= 0.3 is 11.9 Å². The van der Waals surface area contributed by atoms with Crippen LogP contribution in [-0.4, -0.2) is 28.4 Å². The number of ether oxygens (including phenoxy) is 1. The third-order valence-corrected chi connectivity index (χ3v) is 7.08. The van der Waals surface area contributed by atoms with E-state index in [-0.39, 0.29) is 17.3 Å². The number of aliphatic hydroxyl groups excluding tert-OH is 1. The number of hydrogen-bond acceptors (Lipinski definition) is 4. The van der Waals surface area contributed by atoms with E-state index in [4.69, 9.17) is 4.74 Å². The highest BCUT2D eigenvalue weighted by molar-refractivity contribution is 5.85. The van der Waals surface area contributed by atoms with Crippen LogP contribution in [0.5, 0.6) is 0 Å². The summed E-state index contributed by atoms with van der Waals surface area (Å²) in [5, 5.41) is 19.6. The van der Waals surface area contributed by atoms with Crippen molar-refractivity contribution < 1.29 is 24.5 Å². The molecule has 0 amide bonds. The van der Waals surface area contributed by atoms with E-state index in [1.54, 1.807) is 0 Å². The van der Waals surface area contributed by atoms with Gasteiger partial charge in [-0.15, -0.1) is 0 Å². The minimum absolute atomic E-state index is 0.101. The maximum atomic E-state index is 12.0. The van der Waals surface area contributed by atoms with Crippen LogP contribution in [0.4, 0.5) is 0 Å². The molecule has 0 radical (unpaired) electrons. The summed E-state index contributed by atoms with van der Waals surface area (Å²) >= 11 is 0. The molecule has 25 heavy (non-hydrogen) atoms. The number of fused-ring (bicyclic) bond motifs is 1. The van der Waals surface area contributed by atoms with Crippen molar-refractivity contribution in [1.29, 1.82) is 0 Å². The second-order valence-corrected chi connectivity index (χ2v) is 8.43.